The van der Waals surface area contributed by atoms with Crippen LogP contribution in [0.3, 0.4) is 0 Å². The summed E-state index contributed by atoms with van der Waals surface area (Å²) in [5.74, 6) is 4.59. The Labute approximate surface area is 64.4 Å². The highest BCUT2D eigenvalue weighted by Gasteiger charge is 2.03. The molecule has 0 spiro atoms. The van der Waals surface area contributed by atoms with Gasteiger partial charge in [-0.15, -0.1) is 0 Å². The first-order valence-corrected chi connectivity index (χ1v) is 3.15. The summed E-state index contributed by atoms with van der Waals surface area (Å²) in [6.45, 7) is 0. The van der Waals surface area contributed by atoms with Crippen molar-refractivity contribution in [1.29, 1.82) is 0 Å². The molecule has 4 heteroatoms. The second-order valence-electron chi connectivity index (χ2n) is 1.94. The Bertz CT molecular complexity index is 240. The Hall–Kier alpha value is -1.55. The van der Waals surface area contributed by atoms with E-state index in [0.29, 0.717) is 5.70 Å². The molecule has 0 aromatic carbocycles. The van der Waals surface area contributed by atoms with E-state index in [1.54, 1.807) is 24.4 Å². The number of amides is 1. The van der Waals surface area contributed by atoms with Crippen molar-refractivity contribution in [3.05, 3.63) is 36.2 Å². The van der Waals surface area contributed by atoms with Gasteiger partial charge < -0.3 is 5.32 Å². The predicted octanol–water partition coefficient (Wildman–Crippen LogP) is -0.467. The highest BCUT2D eigenvalue weighted by atomic mass is 16.2. The summed E-state index contributed by atoms with van der Waals surface area (Å²) < 4.78 is 0. The van der Waals surface area contributed by atoms with Gasteiger partial charge in [-0.05, 0) is 12.2 Å². The number of carbonyl (C=O) groups is 1. The van der Waals surface area contributed by atoms with Gasteiger partial charge in [0.05, 0.1) is 0 Å². The predicted molar refractivity (Wildman–Crippen MR) is 41.8 cm³/mol. The third kappa shape index (κ3) is 1.94. The fourth-order valence-electron chi connectivity index (χ4n) is 0.676. The third-order valence-corrected chi connectivity index (χ3v) is 1.20. The first kappa shape index (κ1) is 7.56. The molecule has 1 rings (SSSR count). The monoisotopic (exact) mass is 151 g/mol. The third-order valence-electron chi connectivity index (χ3n) is 1.20. The molecule has 1 aliphatic rings. The molecule has 0 atom stereocenters. The van der Waals surface area contributed by atoms with E-state index in [1.165, 1.54) is 0 Å². The van der Waals surface area contributed by atoms with E-state index in [9.17, 15) is 4.79 Å². The van der Waals surface area contributed by atoms with Crippen molar-refractivity contribution in [2.24, 2.45) is 5.84 Å². The van der Waals surface area contributed by atoms with E-state index in [1.807, 2.05) is 11.5 Å². The summed E-state index contributed by atoms with van der Waals surface area (Å²) in [6, 6.07) is 0. The number of allylic oxidation sites excluding steroid dienone is 4. The van der Waals surface area contributed by atoms with Crippen LogP contribution in [-0.4, -0.2) is 5.91 Å². The zero-order chi connectivity index (χ0) is 8.10. The van der Waals surface area contributed by atoms with E-state index >= 15 is 0 Å². The van der Waals surface area contributed by atoms with E-state index in [4.69, 9.17) is 5.84 Å². The zero-order valence-corrected chi connectivity index (χ0v) is 5.87. The second-order valence-corrected chi connectivity index (χ2v) is 1.94. The Morgan fingerprint density at radius 3 is 3.00 bits per heavy atom. The molecule has 0 saturated heterocycles. The van der Waals surface area contributed by atoms with Gasteiger partial charge in [0.25, 0.3) is 5.91 Å². The first-order valence-electron chi connectivity index (χ1n) is 3.15. The molecule has 1 aliphatic heterocycles. The normalized spacial score (nSPS) is 14.8. The molecule has 0 aromatic heterocycles. The van der Waals surface area contributed by atoms with E-state index in [0.717, 1.165) is 0 Å². The number of hydrogen-bond acceptors (Lipinski definition) is 3. The van der Waals surface area contributed by atoms with Gasteiger partial charge in [-0.1, -0.05) is 12.2 Å². The molecule has 11 heavy (non-hydrogen) atoms. The van der Waals surface area contributed by atoms with Crippen LogP contribution in [0.25, 0.3) is 0 Å². The lowest BCUT2D eigenvalue weighted by Gasteiger charge is -2.02. The van der Waals surface area contributed by atoms with Gasteiger partial charge in [-0.3, -0.25) is 10.2 Å². The van der Waals surface area contributed by atoms with Crippen molar-refractivity contribution in [2.45, 2.75) is 0 Å². The van der Waals surface area contributed by atoms with Crippen LogP contribution < -0.4 is 16.6 Å². The maximum absolute atomic E-state index is 10.9. The van der Waals surface area contributed by atoms with Crippen LogP contribution in [0, 0.1) is 0 Å². The van der Waals surface area contributed by atoms with Crippen molar-refractivity contribution >= 4 is 5.91 Å². The molecule has 0 bridgehead atoms. The van der Waals surface area contributed by atoms with Crippen LogP contribution in [0.15, 0.2) is 36.2 Å². The van der Waals surface area contributed by atoms with Gasteiger partial charge in [0, 0.05) is 6.20 Å². The molecule has 4 N–H and O–H groups in total. The molecule has 1 amide bonds. The average molecular weight is 151 g/mol. The van der Waals surface area contributed by atoms with Crippen molar-refractivity contribution in [3.63, 3.8) is 0 Å². The van der Waals surface area contributed by atoms with Gasteiger partial charge >= 0.3 is 0 Å². The molecule has 1 heterocycles. The SMILES string of the molecule is NNC(=O)C1=CC=CC=CN1. The van der Waals surface area contributed by atoms with Crippen LogP contribution in [0.4, 0.5) is 0 Å². The number of carbonyl (C=O) groups excluding carboxylic acids is 1. The quantitative estimate of drug-likeness (QED) is 0.270. The van der Waals surface area contributed by atoms with Gasteiger partial charge in [-0.25, -0.2) is 5.84 Å². The highest BCUT2D eigenvalue weighted by molar-refractivity contribution is 5.92. The van der Waals surface area contributed by atoms with Gasteiger partial charge in [-0.2, -0.15) is 0 Å². The number of nitrogens with one attached hydrogen (secondary N) is 2. The minimum absolute atomic E-state index is 0.332. The van der Waals surface area contributed by atoms with Crippen molar-refractivity contribution in [2.75, 3.05) is 0 Å². The number of rotatable bonds is 1. The lowest BCUT2D eigenvalue weighted by molar-refractivity contribution is -0.117. The smallest absolute Gasteiger partial charge is 0.281 e. The van der Waals surface area contributed by atoms with Gasteiger partial charge in [0.1, 0.15) is 5.70 Å². The topological polar surface area (TPSA) is 67.1 Å². The van der Waals surface area contributed by atoms with Crippen LogP contribution in [-0.2, 0) is 4.79 Å². The Kier molecular flexibility index (Phi) is 2.46. The minimum atomic E-state index is -0.332. The van der Waals surface area contributed by atoms with Crippen molar-refractivity contribution in [3.8, 4) is 0 Å². The lowest BCUT2D eigenvalue weighted by Crippen LogP contribution is -2.34. The second kappa shape index (κ2) is 3.58. The van der Waals surface area contributed by atoms with Crippen molar-refractivity contribution < 1.29 is 4.79 Å². The maximum atomic E-state index is 10.9. The Morgan fingerprint density at radius 1 is 1.45 bits per heavy atom. The van der Waals surface area contributed by atoms with Crippen LogP contribution >= 0.6 is 0 Å². The molecule has 58 valence electrons. The molecule has 0 saturated carbocycles. The highest BCUT2D eigenvalue weighted by Crippen LogP contribution is 1.94. The van der Waals surface area contributed by atoms with Crippen LogP contribution in [0.2, 0.25) is 0 Å². The molecule has 0 fully saturated rings. The maximum Gasteiger partial charge on any atom is 0.281 e. The molecule has 0 unspecified atom stereocenters. The zero-order valence-electron chi connectivity index (χ0n) is 5.87. The first-order chi connectivity index (χ1) is 5.34. The molecular weight excluding hydrogens is 142 g/mol. The summed E-state index contributed by atoms with van der Waals surface area (Å²) in [4.78, 5) is 10.9. The van der Waals surface area contributed by atoms with Gasteiger partial charge in [0.2, 0.25) is 0 Å². The summed E-state index contributed by atoms with van der Waals surface area (Å²) in [6.07, 6.45) is 8.64. The van der Waals surface area contributed by atoms with E-state index in [2.05, 4.69) is 5.32 Å². The van der Waals surface area contributed by atoms with Crippen LogP contribution in [0.5, 0.6) is 0 Å². The Balaban J connectivity index is 2.72. The molecular formula is C7H9N3O. The largest absolute Gasteiger partial charge is 0.357 e. The number of hydrogen-bond donors (Lipinski definition) is 3. The van der Waals surface area contributed by atoms with Gasteiger partial charge in [0.15, 0.2) is 0 Å². The summed E-state index contributed by atoms with van der Waals surface area (Å²) in [5, 5.41) is 2.76. The van der Waals surface area contributed by atoms with E-state index < -0.39 is 0 Å². The molecule has 0 radical (unpaired) electrons. The summed E-state index contributed by atoms with van der Waals surface area (Å²) >= 11 is 0. The van der Waals surface area contributed by atoms with E-state index in [-0.39, 0.29) is 5.91 Å². The Morgan fingerprint density at radius 2 is 2.27 bits per heavy atom. The molecule has 0 aromatic rings. The number of hydrazine groups is 1. The number of nitrogens with two attached hydrogens (primary N) is 1. The van der Waals surface area contributed by atoms with Crippen LogP contribution in [0.1, 0.15) is 0 Å². The van der Waals surface area contributed by atoms with Crippen molar-refractivity contribution in [1.82, 2.24) is 10.7 Å². The fourth-order valence-corrected chi connectivity index (χ4v) is 0.676. The molecule has 4 nitrogen and oxygen atoms in total. The molecule has 0 aliphatic carbocycles. The average Bonchev–Trinajstić information content (AvgIpc) is 2.30. The summed E-state index contributed by atoms with van der Waals surface area (Å²) in [7, 11) is 0. The minimum Gasteiger partial charge on any atom is -0.357 e. The lowest BCUT2D eigenvalue weighted by atomic mass is 10.3. The standard InChI is InChI=1S/C7H9N3O/c8-10-7(11)6-4-2-1-3-5-9-6/h1-5,9H,8H2,(H,10,11). The summed E-state index contributed by atoms with van der Waals surface area (Å²) in [5.41, 5.74) is 2.45. The fraction of sp³-hybridized carbons (Fsp3) is 0.